The first-order valence-electron chi connectivity index (χ1n) is 7.36. The highest BCUT2D eigenvalue weighted by atomic mass is 16.2. The van der Waals surface area contributed by atoms with Crippen LogP contribution < -0.4 is 10.3 Å². The first kappa shape index (κ1) is 15.0. The lowest BCUT2D eigenvalue weighted by atomic mass is 10.2. The molecular formula is C16H17N5O2. The van der Waals surface area contributed by atoms with Crippen LogP contribution in [0.2, 0.25) is 0 Å². The Balaban J connectivity index is 1.61. The molecule has 2 aromatic rings. The number of amides is 2. The van der Waals surface area contributed by atoms with Crippen molar-refractivity contribution >= 4 is 23.7 Å². The van der Waals surface area contributed by atoms with E-state index in [4.69, 9.17) is 0 Å². The molecule has 0 radical (unpaired) electrons. The molecule has 0 aliphatic carbocycles. The van der Waals surface area contributed by atoms with Crippen molar-refractivity contribution in [1.29, 1.82) is 0 Å². The first-order chi connectivity index (χ1) is 11.1. The SMILES string of the molecule is Cn1cc(/C=N\NC(=O)c2ccc(N3CCCC3=O)cc2)cn1. The number of nitrogens with one attached hydrogen (secondary N) is 1. The molecule has 118 valence electrons. The Hall–Kier alpha value is -2.96. The van der Waals surface area contributed by atoms with Gasteiger partial charge in [0.05, 0.1) is 12.4 Å². The van der Waals surface area contributed by atoms with Crippen molar-refractivity contribution in [3.63, 3.8) is 0 Å². The summed E-state index contributed by atoms with van der Waals surface area (Å²) in [5.41, 5.74) is 4.58. The normalized spacial score (nSPS) is 14.7. The number of hydrogen-bond acceptors (Lipinski definition) is 4. The molecule has 2 amide bonds. The third-order valence-corrected chi connectivity index (χ3v) is 3.62. The molecule has 1 saturated heterocycles. The van der Waals surface area contributed by atoms with Gasteiger partial charge in [-0.05, 0) is 30.7 Å². The molecular weight excluding hydrogens is 294 g/mol. The van der Waals surface area contributed by atoms with Crippen LogP contribution in [0.15, 0.2) is 41.8 Å². The van der Waals surface area contributed by atoms with Crippen LogP contribution in [-0.2, 0) is 11.8 Å². The quantitative estimate of drug-likeness (QED) is 0.683. The summed E-state index contributed by atoms with van der Waals surface area (Å²) in [4.78, 5) is 25.4. The van der Waals surface area contributed by atoms with Gasteiger partial charge in [-0.2, -0.15) is 10.2 Å². The Morgan fingerprint density at radius 2 is 2.13 bits per heavy atom. The van der Waals surface area contributed by atoms with Crippen LogP contribution in [0, 0.1) is 0 Å². The third kappa shape index (κ3) is 3.45. The molecule has 2 heterocycles. The summed E-state index contributed by atoms with van der Waals surface area (Å²) < 4.78 is 1.65. The highest BCUT2D eigenvalue weighted by Crippen LogP contribution is 2.21. The zero-order valence-electron chi connectivity index (χ0n) is 12.8. The van der Waals surface area contributed by atoms with Gasteiger partial charge in [0.15, 0.2) is 0 Å². The minimum Gasteiger partial charge on any atom is -0.312 e. The lowest BCUT2D eigenvalue weighted by Crippen LogP contribution is -2.24. The average molecular weight is 311 g/mol. The molecule has 0 saturated carbocycles. The second-order valence-electron chi connectivity index (χ2n) is 5.34. The summed E-state index contributed by atoms with van der Waals surface area (Å²) in [6, 6.07) is 6.94. The molecule has 1 N–H and O–H groups in total. The van der Waals surface area contributed by atoms with Crippen molar-refractivity contribution in [2.75, 3.05) is 11.4 Å². The summed E-state index contributed by atoms with van der Waals surface area (Å²) in [7, 11) is 1.81. The number of carbonyl (C=O) groups excluding carboxylic acids is 2. The van der Waals surface area contributed by atoms with Crippen LogP contribution in [0.5, 0.6) is 0 Å². The molecule has 0 atom stereocenters. The number of hydrogen-bond donors (Lipinski definition) is 1. The first-order valence-corrected chi connectivity index (χ1v) is 7.36. The zero-order chi connectivity index (χ0) is 16.2. The van der Waals surface area contributed by atoms with E-state index in [1.807, 2.05) is 7.05 Å². The largest absolute Gasteiger partial charge is 0.312 e. The van der Waals surface area contributed by atoms with Crippen LogP contribution in [0.3, 0.4) is 0 Å². The fourth-order valence-corrected chi connectivity index (χ4v) is 2.45. The molecule has 1 aromatic heterocycles. The number of benzene rings is 1. The average Bonchev–Trinajstić information content (AvgIpc) is 3.16. The summed E-state index contributed by atoms with van der Waals surface area (Å²) in [5.74, 6) is -0.173. The van der Waals surface area contributed by atoms with E-state index in [0.29, 0.717) is 12.0 Å². The number of carbonyl (C=O) groups is 2. The van der Waals surface area contributed by atoms with E-state index in [1.165, 1.54) is 6.21 Å². The Morgan fingerprint density at radius 3 is 2.74 bits per heavy atom. The second-order valence-corrected chi connectivity index (χ2v) is 5.34. The molecule has 0 bridgehead atoms. The molecule has 1 fully saturated rings. The van der Waals surface area contributed by atoms with Gasteiger partial charge in [-0.15, -0.1) is 0 Å². The van der Waals surface area contributed by atoms with Crippen LogP contribution in [0.4, 0.5) is 5.69 Å². The number of hydrazone groups is 1. The minimum absolute atomic E-state index is 0.128. The van der Waals surface area contributed by atoms with Gasteiger partial charge >= 0.3 is 0 Å². The maximum absolute atomic E-state index is 12.0. The Kier molecular flexibility index (Phi) is 4.18. The van der Waals surface area contributed by atoms with Crippen LogP contribution in [-0.4, -0.2) is 34.4 Å². The monoisotopic (exact) mass is 311 g/mol. The van der Waals surface area contributed by atoms with Crippen LogP contribution >= 0.6 is 0 Å². The molecule has 23 heavy (non-hydrogen) atoms. The summed E-state index contributed by atoms with van der Waals surface area (Å²) in [5, 5.41) is 7.91. The number of aryl methyl sites for hydroxylation is 1. The predicted octanol–water partition coefficient (Wildman–Crippen LogP) is 1.31. The van der Waals surface area contributed by atoms with Crippen molar-refractivity contribution in [2.24, 2.45) is 12.1 Å². The van der Waals surface area contributed by atoms with Crippen molar-refractivity contribution in [1.82, 2.24) is 15.2 Å². The summed E-state index contributed by atoms with van der Waals surface area (Å²) in [6.07, 6.45) is 6.44. The van der Waals surface area contributed by atoms with Crippen LogP contribution in [0.1, 0.15) is 28.8 Å². The molecule has 0 spiro atoms. The van der Waals surface area contributed by atoms with E-state index in [-0.39, 0.29) is 11.8 Å². The topological polar surface area (TPSA) is 79.6 Å². The van der Waals surface area contributed by atoms with Gasteiger partial charge < -0.3 is 4.90 Å². The fourth-order valence-electron chi connectivity index (χ4n) is 2.45. The number of anilines is 1. The van der Waals surface area contributed by atoms with Gasteiger partial charge in [-0.1, -0.05) is 0 Å². The Morgan fingerprint density at radius 1 is 1.35 bits per heavy atom. The molecule has 0 unspecified atom stereocenters. The van der Waals surface area contributed by atoms with Crippen molar-refractivity contribution in [3.05, 3.63) is 47.8 Å². The van der Waals surface area contributed by atoms with E-state index in [9.17, 15) is 9.59 Å². The number of aromatic nitrogens is 2. The predicted molar refractivity (Wildman–Crippen MR) is 86.3 cm³/mol. The maximum atomic E-state index is 12.0. The van der Waals surface area contributed by atoms with E-state index in [2.05, 4.69) is 15.6 Å². The highest BCUT2D eigenvalue weighted by molar-refractivity contribution is 5.97. The second kappa shape index (κ2) is 6.43. The van der Waals surface area contributed by atoms with Gasteiger partial charge in [0.25, 0.3) is 5.91 Å². The summed E-state index contributed by atoms with van der Waals surface area (Å²) >= 11 is 0. The van der Waals surface area contributed by atoms with Gasteiger partial charge in [-0.25, -0.2) is 5.43 Å². The number of rotatable bonds is 4. The molecule has 1 aliphatic rings. The number of nitrogens with zero attached hydrogens (tertiary/aromatic N) is 4. The van der Waals surface area contributed by atoms with Gasteiger partial charge in [0, 0.05) is 43.0 Å². The Bertz CT molecular complexity index is 748. The van der Waals surface area contributed by atoms with Gasteiger partial charge in [0.2, 0.25) is 5.91 Å². The van der Waals surface area contributed by atoms with E-state index >= 15 is 0 Å². The molecule has 7 heteroatoms. The summed E-state index contributed by atoms with van der Waals surface area (Å²) in [6.45, 7) is 0.736. The van der Waals surface area contributed by atoms with Crippen molar-refractivity contribution < 1.29 is 9.59 Å². The molecule has 1 aromatic carbocycles. The molecule has 1 aliphatic heterocycles. The maximum Gasteiger partial charge on any atom is 0.271 e. The highest BCUT2D eigenvalue weighted by Gasteiger charge is 2.21. The third-order valence-electron chi connectivity index (χ3n) is 3.62. The molecule has 3 rings (SSSR count). The zero-order valence-corrected chi connectivity index (χ0v) is 12.8. The standard InChI is InChI=1S/C16H17N5O2/c1-20-11-12(10-18-20)9-17-19-16(23)13-4-6-14(7-5-13)21-8-2-3-15(21)22/h4-7,9-11H,2-3,8H2,1H3,(H,19,23)/b17-9-. The van der Waals surface area contributed by atoms with E-state index in [0.717, 1.165) is 24.2 Å². The van der Waals surface area contributed by atoms with Gasteiger partial charge in [-0.3, -0.25) is 14.3 Å². The molecule has 7 nitrogen and oxygen atoms in total. The van der Waals surface area contributed by atoms with E-state index in [1.54, 1.807) is 46.2 Å². The van der Waals surface area contributed by atoms with Crippen LogP contribution in [0.25, 0.3) is 0 Å². The lowest BCUT2D eigenvalue weighted by Gasteiger charge is -2.15. The minimum atomic E-state index is -0.301. The lowest BCUT2D eigenvalue weighted by molar-refractivity contribution is -0.117. The van der Waals surface area contributed by atoms with Crippen molar-refractivity contribution in [3.8, 4) is 0 Å². The van der Waals surface area contributed by atoms with E-state index < -0.39 is 0 Å². The van der Waals surface area contributed by atoms with Crippen molar-refractivity contribution in [2.45, 2.75) is 12.8 Å². The van der Waals surface area contributed by atoms with Gasteiger partial charge in [0.1, 0.15) is 0 Å². The Labute approximate surface area is 133 Å². The fraction of sp³-hybridized carbons (Fsp3) is 0.250. The smallest absolute Gasteiger partial charge is 0.271 e.